The van der Waals surface area contributed by atoms with Gasteiger partial charge in [0.1, 0.15) is 5.75 Å². The van der Waals surface area contributed by atoms with E-state index in [0.717, 1.165) is 78.3 Å². The van der Waals surface area contributed by atoms with Crippen molar-refractivity contribution in [2.45, 2.75) is 18.9 Å². The first-order chi connectivity index (χ1) is 16.6. The highest BCUT2D eigenvalue weighted by molar-refractivity contribution is 5.95. The third-order valence-corrected chi connectivity index (χ3v) is 7.62. The van der Waals surface area contributed by atoms with Crippen LogP contribution in [0, 0.1) is 11.8 Å². The molecule has 34 heavy (non-hydrogen) atoms. The number of nitrogens with one attached hydrogen (secondary N) is 1. The summed E-state index contributed by atoms with van der Waals surface area (Å²) in [5, 5.41) is 14.0. The topological polar surface area (TPSA) is 77.9 Å². The lowest BCUT2D eigenvalue weighted by Crippen LogP contribution is -2.41. The molecule has 3 aromatic rings. The maximum absolute atomic E-state index is 12.5. The number of ether oxygens (including phenoxy) is 1. The molecule has 3 saturated heterocycles. The molecule has 176 valence electrons. The second-order valence-electron chi connectivity index (χ2n) is 9.70. The summed E-state index contributed by atoms with van der Waals surface area (Å²) in [5.74, 6) is 1.41. The van der Waals surface area contributed by atoms with E-state index in [1.54, 1.807) is 7.11 Å². The minimum absolute atomic E-state index is 0.0498. The van der Waals surface area contributed by atoms with Crippen molar-refractivity contribution in [3.63, 3.8) is 0 Å². The van der Waals surface area contributed by atoms with E-state index in [4.69, 9.17) is 9.72 Å². The molecule has 1 aromatic heterocycles. The number of aromatic nitrogens is 1. The molecule has 3 atom stereocenters. The number of pyridine rings is 1. The number of hydrogen-bond donors (Lipinski definition) is 2. The highest BCUT2D eigenvalue weighted by atomic mass is 16.5. The number of carbonyl (C=O) groups excluding carboxylic acids is 1. The zero-order valence-electron chi connectivity index (χ0n) is 19.4. The van der Waals surface area contributed by atoms with E-state index in [9.17, 15) is 9.90 Å². The molecule has 4 heterocycles. The molecule has 0 spiro atoms. The van der Waals surface area contributed by atoms with Gasteiger partial charge >= 0.3 is 0 Å². The minimum Gasteiger partial charge on any atom is -0.497 e. The van der Waals surface area contributed by atoms with Crippen LogP contribution in [-0.2, 0) is 4.79 Å². The van der Waals surface area contributed by atoms with Crippen LogP contribution in [0.3, 0.4) is 0 Å². The number of piperidine rings is 1. The number of rotatable bonds is 4. The normalized spacial score (nSPS) is 24.4. The van der Waals surface area contributed by atoms with E-state index < -0.39 is 0 Å². The molecule has 7 nitrogen and oxygen atoms in total. The van der Waals surface area contributed by atoms with Crippen molar-refractivity contribution in [3.8, 4) is 17.0 Å². The van der Waals surface area contributed by atoms with Crippen molar-refractivity contribution >= 4 is 28.2 Å². The van der Waals surface area contributed by atoms with Crippen molar-refractivity contribution < 1.29 is 14.6 Å². The van der Waals surface area contributed by atoms with Gasteiger partial charge in [0.15, 0.2) is 0 Å². The standard InChI is InChI=1S/C27H30N4O3/c1-34-21-6-7-22-25(12-21)29-24(17-2-4-19(5-3-17)30-11-9-20(32)15-30)13-26(22)31-14-18-8-10-28-27(33)23(18)16-31/h2-7,12-13,18,20,23,32H,8-11,14-16H2,1H3,(H,28,33). The Balaban J connectivity index is 1.38. The Morgan fingerprint density at radius 2 is 1.88 bits per heavy atom. The molecule has 1 amide bonds. The Morgan fingerprint density at radius 3 is 2.62 bits per heavy atom. The van der Waals surface area contributed by atoms with Gasteiger partial charge in [-0.25, -0.2) is 4.98 Å². The third-order valence-electron chi connectivity index (χ3n) is 7.62. The van der Waals surface area contributed by atoms with Gasteiger partial charge in [0.2, 0.25) is 5.91 Å². The highest BCUT2D eigenvalue weighted by Gasteiger charge is 2.40. The van der Waals surface area contributed by atoms with Gasteiger partial charge in [-0.2, -0.15) is 0 Å². The SMILES string of the molecule is COc1ccc2c(N3CC4CCNC(=O)C4C3)cc(-c3ccc(N4CCC(O)C4)cc3)nc2c1. The van der Waals surface area contributed by atoms with Gasteiger partial charge in [0.05, 0.1) is 30.3 Å². The van der Waals surface area contributed by atoms with Gasteiger partial charge in [-0.3, -0.25) is 4.79 Å². The smallest absolute Gasteiger partial charge is 0.225 e. The summed E-state index contributed by atoms with van der Waals surface area (Å²) in [6.45, 7) is 3.95. The molecular weight excluding hydrogens is 428 g/mol. The number of aliphatic hydroxyl groups is 1. The maximum Gasteiger partial charge on any atom is 0.225 e. The van der Waals surface area contributed by atoms with Gasteiger partial charge in [-0.05, 0) is 49.1 Å². The van der Waals surface area contributed by atoms with E-state index in [2.05, 4.69) is 51.5 Å². The number of fused-ring (bicyclic) bond motifs is 2. The third kappa shape index (κ3) is 3.74. The summed E-state index contributed by atoms with van der Waals surface area (Å²) in [4.78, 5) is 22.0. The van der Waals surface area contributed by atoms with E-state index >= 15 is 0 Å². The number of amides is 1. The molecular formula is C27H30N4O3. The zero-order valence-corrected chi connectivity index (χ0v) is 19.4. The average Bonchev–Trinajstić information content (AvgIpc) is 3.50. The molecule has 6 rings (SSSR count). The fourth-order valence-electron chi connectivity index (χ4n) is 5.72. The lowest BCUT2D eigenvalue weighted by atomic mass is 9.89. The molecule has 3 unspecified atom stereocenters. The van der Waals surface area contributed by atoms with Crippen LogP contribution in [0.5, 0.6) is 5.75 Å². The summed E-state index contributed by atoms with van der Waals surface area (Å²) in [6, 6.07) is 16.6. The number of methoxy groups -OCH3 is 1. The zero-order chi connectivity index (χ0) is 23.2. The second-order valence-corrected chi connectivity index (χ2v) is 9.70. The van der Waals surface area contributed by atoms with Crippen LogP contribution >= 0.6 is 0 Å². The molecule has 2 aromatic carbocycles. The number of benzene rings is 2. The van der Waals surface area contributed by atoms with Crippen LogP contribution in [0.25, 0.3) is 22.2 Å². The lowest BCUT2D eigenvalue weighted by Gasteiger charge is -2.23. The number of β-amino-alcohol motifs (C(OH)–C–C–N with tert-alkyl or cyclic N) is 1. The number of hydrogen-bond acceptors (Lipinski definition) is 6. The molecule has 7 heteroatoms. The van der Waals surface area contributed by atoms with Crippen molar-refractivity contribution in [2.24, 2.45) is 11.8 Å². The summed E-state index contributed by atoms with van der Waals surface area (Å²) in [5.41, 5.74) is 5.08. The van der Waals surface area contributed by atoms with E-state index in [0.29, 0.717) is 12.5 Å². The van der Waals surface area contributed by atoms with Crippen LogP contribution in [-0.4, -0.2) is 61.9 Å². The highest BCUT2D eigenvalue weighted by Crippen LogP contribution is 2.38. The molecule has 0 aliphatic carbocycles. The van der Waals surface area contributed by atoms with Crippen LogP contribution in [0.1, 0.15) is 12.8 Å². The molecule has 2 N–H and O–H groups in total. The fourth-order valence-corrected chi connectivity index (χ4v) is 5.72. The summed E-state index contributed by atoms with van der Waals surface area (Å²) >= 11 is 0. The van der Waals surface area contributed by atoms with Crippen LogP contribution in [0.15, 0.2) is 48.5 Å². The molecule has 3 aliphatic rings. The van der Waals surface area contributed by atoms with Crippen LogP contribution in [0.4, 0.5) is 11.4 Å². The number of nitrogens with zero attached hydrogens (tertiary/aromatic N) is 3. The van der Waals surface area contributed by atoms with Crippen LogP contribution < -0.4 is 19.9 Å². The first-order valence-electron chi connectivity index (χ1n) is 12.1. The number of anilines is 2. The molecule has 3 fully saturated rings. The van der Waals surface area contributed by atoms with Gasteiger partial charge in [-0.1, -0.05) is 12.1 Å². The van der Waals surface area contributed by atoms with E-state index in [-0.39, 0.29) is 17.9 Å². The van der Waals surface area contributed by atoms with Gasteiger partial charge in [-0.15, -0.1) is 0 Å². The predicted octanol–water partition coefficient (Wildman–Crippen LogP) is 3.05. The van der Waals surface area contributed by atoms with Crippen molar-refractivity contribution in [1.82, 2.24) is 10.3 Å². The predicted molar refractivity (Wildman–Crippen MR) is 133 cm³/mol. The van der Waals surface area contributed by atoms with Gasteiger partial charge in [0.25, 0.3) is 0 Å². The quantitative estimate of drug-likeness (QED) is 0.626. The molecule has 0 radical (unpaired) electrons. The Bertz CT molecular complexity index is 1230. The van der Waals surface area contributed by atoms with Crippen LogP contribution in [0.2, 0.25) is 0 Å². The average molecular weight is 459 g/mol. The van der Waals surface area contributed by atoms with E-state index in [1.165, 1.54) is 0 Å². The fraction of sp³-hybridized carbons (Fsp3) is 0.407. The first kappa shape index (κ1) is 21.2. The van der Waals surface area contributed by atoms with Gasteiger partial charge < -0.3 is 25.0 Å². The maximum atomic E-state index is 12.5. The lowest BCUT2D eigenvalue weighted by molar-refractivity contribution is -0.127. The first-order valence-corrected chi connectivity index (χ1v) is 12.1. The summed E-state index contributed by atoms with van der Waals surface area (Å²) in [6.07, 6.45) is 1.60. The number of aliphatic hydroxyl groups excluding tert-OH is 1. The second kappa shape index (κ2) is 8.47. The Morgan fingerprint density at radius 1 is 1.03 bits per heavy atom. The Labute approximate surface area is 199 Å². The Kier molecular flexibility index (Phi) is 5.29. The molecule has 3 aliphatic heterocycles. The molecule has 0 bridgehead atoms. The molecule has 0 saturated carbocycles. The van der Waals surface area contributed by atoms with Crippen molar-refractivity contribution in [3.05, 3.63) is 48.5 Å². The van der Waals surface area contributed by atoms with E-state index in [1.807, 2.05) is 12.1 Å². The summed E-state index contributed by atoms with van der Waals surface area (Å²) in [7, 11) is 1.67. The summed E-state index contributed by atoms with van der Waals surface area (Å²) < 4.78 is 5.47. The van der Waals surface area contributed by atoms with Gasteiger partial charge in [0, 0.05) is 61.1 Å². The minimum atomic E-state index is -0.245. The Hall–Kier alpha value is -3.32. The van der Waals surface area contributed by atoms with Crippen molar-refractivity contribution in [1.29, 1.82) is 0 Å². The number of carbonyl (C=O) groups is 1. The largest absolute Gasteiger partial charge is 0.497 e. The van der Waals surface area contributed by atoms with Crippen molar-refractivity contribution in [2.75, 3.05) is 49.6 Å². The monoisotopic (exact) mass is 458 g/mol.